The molecule has 1 rings (SSSR count). The average molecular weight is 375 g/mol. The van der Waals surface area contributed by atoms with Gasteiger partial charge in [-0.2, -0.15) is 12.6 Å². The van der Waals surface area contributed by atoms with E-state index in [2.05, 4.69) is 72.2 Å². The Morgan fingerprint density at radius 3 is 2.00 bits per heavy atom. The predicted molar refractivity (Wildman–Crippen MR) is 123 cm³/mol. The van der Waals surface area contributed by atoms with E-state index in [0.717, 1.165) is 24.7 Å². The normalized spacial score (nSPS) is 24.7. The van der Waals surface area contributed by atoms with Crippen molar-refractivity contribution >= 4 is 18.9 Å². The van der Waals surface area contributed by atoms with Crippen molar-refractivity contribution in [3.8, 4) is 0 Å². The van der Waals surface area contributed by atoms with E-state index in [1.165, 1.54) is 5.57 Å². The van der Waals surface area contributed by atoms with Crippen LogP contribution in [0.1, 0.15) is 47.5 Å². The molecular formula is C24H38OS. The molecule has 1 saturated carbocycles. The third-order valence-electron chi connectivity index (χ3n) is 5.38. The first-order valence-corrected chi connectivity index (χ1v) is 9.91. The molecule has 1 nitrogen and oxygen atoms in total. The molecule has 26 heavy (non-hydrogen) atoms. The van der Waals surface area contributed by atoms with Crippen molar-refractivity contribution in [2.75, 3.05) is 6.26 Å². The molecule has 2 heteroatoms. The summed E-state index contributed by atoms with van der Waals surface area (Å²) in [5.41, 5.74) is 2.25. The van der Waals surface area contributed by atoms with Gasteiger partial charge in [-0.3, -0.25) is 0 Å². The maximum absolute atomic E-state index is 11.5. The van der Waals surface area contributed by atoms with Crippen LogP contribution < -0.4 is 0 Å². The smallest absolute Gasteiger partial charge is 0.126 e. The average Bonchev–Trinajstić information content (AvgIpc) is 2.90. The molecule has 0 bridgehead atoms. The van der Waals surface area contributed by atoms with Crippen LogP contribution in [-0.2, 0) is 4.79 Å². The van der Waals surface area contributed by atoms with Gasteiger partial charge in [-0.05, 0) is 49.9 Å². The highest BCUT2D eigenvalue weighted by molar-refractivity contribution is 7.79. The van der Waals surface area contributed by atoms with E-state index >= 15 is 0 Å². The zero-order chi connectivity index (χ0) is 20.8. The second kappa shape index (κ2) is 13.6. The Labute approximate surface area is 167 Å². The Morgan fingerprint density at radius 1 is 1.12 bits per heavy atom. The van der Waals surface area contributed by atoms with Crippen molar-refractivity contribution in [2.45, 2.75) is 47.5 Å². The van der Waals surface area contributed by atoms with Gasteiger partial charge in [0.2, 0.25) is 0 Å². The monoisotopic (exact) mass is 374 g/mol. The standard InChI is InChI=1S/C19H28O.C4H6.CH4S/c1-7-9-10-16(8-2)13-15(3)17-11-12-19(6,14-20)18(17,4)5;1-3-4-2;1-2/h7-10,13-14,17H,2,11-12H2,1,3-6H3;3-4H,1-2H2;2H,1H3/b9-7-,15-13-,16-10+;;. The molecule has 0 aromatic heterocycles. The van der Waals surface area contributed by atoms with Gasteiger partial charge in [-0.1, -0.05) is 88.6 Å². The van der Waals surface area contributed by atoms with Gasteiger partial charge in [-0.25, -0.2) is 0 Å². The summed E-state index contributed by atoms with van der Waals surface area (Å²) in [7, 11) is 0. The van der Waals surface area contributed by atoms with Gasteiger partial charge in [-0.15, -0.1) is 0 Å². The van der Waals surface area contributed by atoms with Crippen LogP contribution in [-0.4, -0.2) is 12.5 Å². The molecular weight excluding hydrogens is 336 g/mol. The van der Waals surface area contributed by atoms with Crippen LogP contribution in [0.25, 0.3) is 0 Å². The van der Waals surface area contributed by atoms with Crippen molar-refractivity contribution in [3.63, 3.8) is 0 Å². The molecule has 0 aromatic rings. The summed E-state index contributed by atoms with van der Waals surface area (Å²) >= 11 is 3.53. The zero-order valence-electron chi connectivity index (χ0n) is 17.6. The van der Waals surface area contributed by atoms with Crippen LogP contribution in [0.3, 0.4) is 0 Å². The first-order chi connectivity index (χ1) is 12.2. The lowest BCUT2D eigenvalue weighted by Gasteiger charge is -2.38. The molecule has 1 fully saturated rings. The van der Waals surface area contributed by atoms with Crippen molar-refractivity contribution in [3.05, 3.63) is 73.4 Å². The highest BCUT2D eigenvalue weighted by atomic mass is 32.1. The van der Waals surface area contributed by atoms with Crippen molar-refractivity contribution in [1.29, 1.82) is 0 Å². The second-order valence-corrected chi connectivity index (χ2v) is 7.10. The summed E-state index contributed by atoms with van der Waals surface area (Å²) in [6, 6.07) is 0. The minimum atomic E-state index is -0.214. The zero-order valence-corrected chi connectivity index (χ0v) is 18.5. The molecule has 2 atom stereocenters. The van der Waals surface area contributed by atoms with Gasteiger partial charge in [0.25, 0.3) is 0 Å². The Kier molecular flexibility index (Phi) is 14.0. The number of allylic oxidation sites excluding steroid dienone is 9. The molecule has 0 saturated heterocycles. The number of aldehydes is 1. The van der Waals surface area contributed by atoms with Crippen LogP contribution in [0.2, 0.25) is 0 Å². The summed E-state index contributed by atoms with van der Waals surface area (Å²) in [5, 5.41) is 0. The number of carbonyl (C=O) groups is 1. The van der Waals surface area contributed by atoms with Gasteiger partial charge in [0.1, 0.15) is 6.29 Å². The van der Waals surface area contributed by atoms with Gasteiger partial charge >= 0.3 is 0 Å². The van der Waals surface area contributed by atoms with Gasteiger partial charge in [0.05, 0.1) is 0 Å². The maximum atomic E-state index is 11.5. The minimum absolute atomic E-state index is 0.00219. The molecule has 146 valence electrons. The Morgan fingerprint density at radius 2 is 1.65 bits per heavy atom. The lowest BCUT2D eigenvalue weighted by Crippen LogP contribution is -2.35. The summed E-state index contributed by atoms with van der Waals surface area (Å²) in [6.45, 7) is 21.3. The van der Waals surface area contributed by atoms with E-state index < -0.39 is 0 Å². The molecule has 0 radical (unpaired) electrons. The van der Waals surface area contributed by atoms with Crippen LogP contribution in [0, 0.1) is 16.7 Å². The van der Waals surface area contributed by atoms with Crippen LogP contribution in [0.4, 0.5) is 0 Å². The van der Waals surface area contributed by atoms with Crippen LogP contribution in [0.5, 0.6) is 0 Å². The molecule has 0 amide bonds. The SMILES string of the molecule is C=CC(/C=C(/C)C1CCC(C)(C=O)C1(C)C)=C\C=C/C.C=CC=C.CS. The summed E-state index contributed by atoms with van der Waals surface area (Å²) in [6.07, 6.45) is 18.4. The van der Waals surface area contributed by atoms with E-state index in [4.69, 9.17) is 0 Å². The summed E-state index contributed by atoms with van der Waals surface area (Å²) in [4.78, 5) is 11.5. The number of hydrogen-bond acceptors (Lipinski definition) is 2. The highest BCUT2D eigenvalue weighted by Crippen LogP contribution is 2.57. The van der Waals surface area contributed by atoms with Crippen LogP contribution >= 0.6 is 12.6 Å². The third kappa shape index (κ3) is 7.37. The van der Waals surface area contributed by atoms with E-state index in [0.29, 0.717) is 5.92 Å². The maximum Gasteiger partial charge on any atom is 0.126 e. The Balaban J connectivity index is 0. The van der Waals surface area contributed by atoms with Crippen molar-refractivity contribution in [1.82, 2.24) is 0 Å². The molecule has 0 aliphatic heterocycles. The molecule has 1 aliphatic carbocycles. The van der Waals surface area contributed by atoms with E-state index in [-0.39, 0.29) is 10.8 Å². The fraction of sp³-hybridized carbons (Fsp3) is 0.458. The first kappa shape index (κ1) is 26.7. The highest BCUT2D eigenvalue weighted by Gasteiger charge is 2.51. The first-order valence-electron chi connectivity index (χ1n) is 9.02. The number of rotatable bonds is 6. The number of hydrogen-bond donors (Lipinski definition) is 1. The summed E-state index contributed by atoms with van der Waals surface area (Å²) < 4.78 is 0. The topological polar surface area (TPSA) is 17.1 Å². The molecule has 0 aromatic carbocycles. The Hall–Kier alpha value is -1.54. The summed E-state index contributed by atoms with van der Waals surface area (Å²) in [5.74, 6) is 0.451. The molecule has 0 spiro atoms. The molecule has 2 unspecified atom stereocenters. The van der Waals surface area contributed by atoms with Crippen molar-refractivity contribution in [2.24, 2.45) is 16.7 Å². The molecule has 0 heterocycles. The van der Waals surface area contributed by atoms with Crippen LogP contribution in [0.15, 0.2) is 73.4 Å². The van der Waals surface area contributed by atoms with Gasteiger partial charge < -0.3 is 4.79 Å². The third-order valence-corrected chi connectivity index (χ3v) is 5.38. The Bertz CT molecular complexity index is 543. The quantitative estimate of drug-likeness (QED) is 0.296. The lowest BCUT2D eigenvalue weighted by molar-refractivity contribution is -0.120. The van der Waals surface area contributed by atoms with Gasteiger partial charge in [0, 0.05) is 5.41 Å². The van der Waals surface area contributed by atoms with E-state index in [1.54, 1.807) is 18.4 Å². The fourth-order valence-electron chi connectivity index (χ4n) is 3.28. The van der Waals surface area contributed by atoms with Gasteiger partial charge in [0.15, 0.2) is 0 Å². The van der Waals surface area contributed by atoms with E-state index in [1.807, 2.05) is 25.2 Å². The molecule has 1 aliphatic rings. The largest absolute Gasteiger partial charge is 0.303 e. The molecule has 0 N–H and O–H groups in total. The minimum Gasteiger partial charge on any atom is -0.303 e. The number of carbonyl (C=O) groups excluding carboxylic acids is 1. The fourth-order valence-corrected chi connectivity index (χ4v) is 3.28. The lowest BCUT2D eigenvalue weighted by atomic mass is 9.65. The predicted octanol–water partition coefficient (Wildman–Crippen LogP) is 7.17. The second-order valence-electron chi connectivity index (χ2n) is 7.10. The number of thiol groups is 1. The van der Waals surface area contributed by atoms with E-state index in [9.17, 15) is 4.79 Å². The van der Waals surface area contributed by atoms with Crippen molar-refractivity contribution < 1.29 is 4.79 Å².